The van der Waals surface area contributed by atoms with Crippen molar-refractivity contribution in [2.45, 2.75) is 57.7 Å². The van der Waals surface area contributed by atoms with Crippen LogP contribution >= 0.6 is 0 Å². The largest absolute Gasteiger partial charge is 0.377 e. The molecule has 2 saturated heterocycles. The molecule has 0 aromatic carbocycles. The summed E-state index contributed by atoms with van der Waals surface area (Å²) in [5.41, 5.74) is 0.409. The monoisotopic (exact) mass is 183 g/mol. The van der Waals surface area contributed by atoms with Crippen LogP contribution in [0.3, 0.4) is 0 Å². The maximum Gasteiger partial charge on any atom is 0.0703 e. The molecule has 0 radical (unpaired) electrons. The van der Waals surface area contributed by atoms with Crippen molar-refractivity contribution in [3.8, 4) is 0 Å². The van der Waals surface area contributed by atoms with E-state index in [0.717, 1.165) is 6.61 Å². The van der Waals surface area contributed by atoms with Crippen molar-refractivity contribution in [1.82, 2.24) is 4.90 Å². The topological polar surface area (TPSA) is 12.5 Å². The highest BCUT2D eigenvalue weighted by molar-refractivity contribution is 4.95. The molecular weight excluding hydrogens is 162 g/mol. The Hall–Kier alpha value is -0.0800. The Kier molecular flexibility index (Phi) is 2.37. The summed E-state index contributed by atoms with van der Waals surface area (Å²) in [5.74, 6) is 0. The molecule has 0 aromatic rings. The first-order valence-electron chi connectivity index (χ1n) is 5.49. The smallest absolute Gasteiger partial charge is 0.0703 e. The summed E-state index contributed by atoms with van der Waals surface area (Å²) in [6, 6.07) is 0.678. The van der Waals surface area contributed by atoms with Gasteiger partial charge in [-0.3, -0.25) is 4.90 Å². The fourth-order valence-electron chi connectivity index (χ4n) is 2.87. The minimum atomic E-state index is 0.409. The van der Waals surface area contributed by atoms with E-state index in [2.05, 4.69) is 25.7 Å². The van der Waals surface area contributed by atoms with Gasteiger partial charge >= 0.3 is 0 Å². The molecule has 0 saturated carbocycles. The van der Waals surface area contributed by atoms with E-state index in [1.54, 1.807) is 0 Å². The minimum absolute atomic E-state index is 0.409. The summed E-state index contributed by atoms with van der Waals surface area (Å²) >= 11 is 0. The number of ether oxygens (including phenoxy) is 1. The highest BCUT2D eigenvalue weighted by atomic mass is 16.5. The summed E-state index contributed by atoms with van der Waals surface area (Å²) in [5, 5.41) is 0. The average molecular weight is 183 g/mol. The maximum atomic E-state index is 5.63. The molecule has 0 spiro atoms. The highest BCUT2D eigenvalue weighted by Gasteiger charge is 2.40. The molecule has 2 aliphatic heterocycles. The average Bonchev–Trinajstić information content (AvgIpc) is 2.56. The van der Waals surface area contributed by atoms with Gasteiger partial charge in [-0.15, -0.1) is 0 Å². The van der Waals surface area contributed by atoms with Crippen molar-refractivity contribution in [3.63, 3.8) is 0 Å². The third-order valence-corrected chi connectivity index (χ3v) is 3.70. The number of nitrogens with zero attached hydrogens (tertiary/aromatic N) is 1. The van der Waals surface area contributed by atoms with Crippen molar-refractivity contribution in [3.05, 3.63) is 0 Å². The normalized spacial score (nSPS) is 39.9. The lowest BCUT2D eigenvalue weighted by Crippen LogP contribution is -2.48. The number of likely N-dealkylation sites (tertiary alicyclic amines) is 1. The Labute approximate surface area is 81.3 Å². The molecule has 2 atom stereocenters. The second-order valence-corrected chi connectivity index (χ2v) is 5.04. The van der Waals surface area contributed by atoms with Crippen LogP contribution in [0.2, 0.25) is 0 Å². The Balaban J connectivity index is 2.07. The van der Waals surface area contributed by atoms with Crippen LogP contribution < -0.4 is 0 Å². The summed E-state index contributed by atoms with van der Waals surface area (Å²) in [6.45, 7) is 9.17. The van der Waals surface area contributed by atoms with Gasteiger partial charge in [0.2, 0.25) is 0 Å². The molecule has 2 heterocycles. The molecule has 2 unspecified atom stereocenters. The molecule has 2 heteroatoms. The number of hydrogen-bond acceptors (Lipinski definition) is 2. The van der Waals surface area contributed by atoms with Crippen molar-refractivity contribution in [1.29, 1.82) is 0 Å². The zero-order valence-electron chi connectivity index (χ0n) is 9.05. The van der Waals surface area contributed by atoms with E-state index in [-0.39, 0.29) is 0 Å². The zero-order valence-corrected chi connectivity index (χ0v) is 9.05. The maximum absolute atomic E-state index is 5.63. The summed E-state index contributed by atoms with van der Waals surface area (Å²) in [4.78, 5) is 2.66. The van der Waals surface area contributed by atoms with Crippen LogP contribution in [0.25, 0.3) is 0 Å². The Morgan fingerprint density at radius 2 is 2.15 bits per heavy atom. The van der Waals surface area contributed by atoms with E-state index in [0.29, 0.717) is 17.7 Å². The van der Waals surface area contributed by atoms with Crippen LogP contribution in [0.15, 0.2) is 0 Å². The fraction of sp³-hybridized carbons (Fsp3) is 1.00. The van der Waals surface area contributed by atoms with Gasteiger partial charge in [0.05, 0.1) is 6.10 Å². The quantitative estimate of drug-likeness (QED) is 0.617. The lowest BCUT2D eigenvalue weighted by molar-refractivity contribution is 0.0460. The summed E-state index contributed by atoms with van der Waals surface area (Å²) < 4.78 is 5.63. The van der Waals surface area contributed by atoms with Gasteiger partial charge in [0.15, 0.2) is 0 Å². The molecule has 76 valence electrons. The van der Waals surface area contributed by atoms with Crippen LogP contribution in [-0.2, 0) is 4.74 Å². The van der Waals surface area contributed by atoms with Crippen molar-refractivity contribution in [2.75, 3.05) is 13.2 Å². The molecule has 2 nitrogen and oxygen atoms in total. The third kappa shape index (κ3) is 1.62. The van der Waals surface area contributed by atoms with Gasteiger partial charge in [0.25, 0.3) is 0 Å². The molecule has 2 aliphatic rings. The van der Waals surface area contributed by atoms with E-state index < -0.39 is 0 Å². The van der Waals surface area contributed by atoms with Gasteiger partial charge in [-0.1, -0.05) is 0 Å². The van der Waals surface area contributed by atoms with Gasteiger partial charge in [-0.05, 0) is 46.6 Å². The minimum Gasteiger partial charge on any atom is -0.377 e. The van der Waals surface area contributed by atoms with Gasteiger partial charge < -0.3 is 4.74 Å². The van der Waals surface area contributed by atoms with Gasteiger partial charge in [0, 0.05) is 18.2 Å². The van der Waals surface area contributed by atoms with Crippen molar-refractivity contribution in [2.24, 2.45) is 0 Å². The van der Waals surface area contributed by atoms with Crippen LogP contribution in [0.5, 0.6) is 0 Å². The highest BCUT2D eigenvalue weighted by Crippen LogP contribution is 2.34. The molecule has 0 N–H and O–H groups in total. The standard InChI is InChI=1S/C11H21NO/c1-9-10(5-8-13-9)12-7-4-6-11(12,2)3/h9-10H,4-8H2,1-3H3. The van der Waals surface area contributed by atoms with E-state index in [1.165, 1.54) is 25.8 Å². The Morgan fingerprint density at radius 1 is 1.38 bits per heavy atom. The van der Waals surface area contributed by atoms with Crippen LogP contribution in [-0.4, -0.2) is 35.7 Å². The third-order valence-electron chi connectivity index (χ3n) is 3.70. The van der Waals surface area contributed by atoms with Crippen LogP contribution in [0.4, 0.5) is 0 Å². The Bertz CT molecular complexity index is 191. The molecule has 13 heavy (non-hydrogen) atoms. The van der Waals surface area contributed by atoms with Gasteiger partial charge in [0.1, 0.15) is 0 Å². The second-order valence-electron chi connectivity index (χ2n) is 5.04. The molecule has 2 fully saturated rings. The number of hydrogen-bond donors (Lipinski definition) is 0. The fourth-order valence-corrected chi connectivity index (χ4v) is 2.87. The first kappa shape index (κ1) is 9.47. The molecule has 0 aromatic heterocycles. The zero-order chi connectivity index (χ0) is 9.47. The summed E-state index contributed by atoms with van der Waals surface area (Å²) in [7, 11) is 0. The van der Waals surface area contributed by atoms with E-state index in [4.69, 9.17) is 4.74 Å². The molecule has 0 amide bonds. The van der Waals surface area contributed by atoms with Crippen LogP contribution in [0, 0.1) is 0 Å². The first-order chi connectivity index (χ1) is 6.11. The first-order valence-corrected chi connectivity index (χ1v) is 5.49. The van der Waals surface area contributed by atoms with E-state index in [9.17, 15) is 0 Å². The predicted octanol–water partition coefficient (Wildman–Crippen LogP) is 2.04. The van der Waals surface area contributed by atoms with Gasteiger partial charge in [-0.2, -0.15) is 0 Å². The van der Waals surface area contributed by atoms with E-state index >= 15 is 0 Å². The van der Waals surface area contributed by atoms with Crippen molar-refractivity contribution >= 4 is 0 Å². The lowest BCUT2D eigenvalue weighted by atomic mass is 9.98. The summed E-state index contributed by atoms with van der Waals surface area (Å²) in [6.07, 6.45) is 4.37. The predicted molar refractivity (Wildman–Crippen MR) is 53.8 cm³/mol. The SMILES string of the molecule is CC1OCCC1N1CCCC1(C)C. The number of rotatable bonds is 1. The lowest BCUT2D eigenvalue weighted by Gasteiger charge is -2.37. The molecule has 2 rings (SSSR count). The van der Waals surface area contributed by atoms with Crippen LogP contribution in [0.1, 0.15) is 40.0 Å². The second kappa shape index (κ2) is 3.25. The molecular formula is C11H21NO. The molecule has 0 bridgehead atoms. The Morgan fingerprint density at radius 3 is 2.62 bits per heavy atom. The van der Waals surface area contributed by atoms with E-state index in [1.807, 2.05) is 0 Å². The van der Waals surface area contributed by atoms with Crippen molar-refractivity contribution < 1.29 is 4.74 Å². The molecule has 0 aliphatic carbocycles. The van der Waals surface area contributed by atoms with Gasteiger partial charge in [-0.25, -0.2) is 0 Å².